The maximum atomic E-state index is 13.2. The zero-order valence-electron chi connectivity index (χ0n) is 17.2. The normalized spacial score (nSPS) is 15.7. The van der Waals surface area contributed by atoms with Crippen LogP contribution >= 0.6 is 34.7 Å². The molecule has 0 bridgehead atoms. The van der Waals surface area contributed by atoms with Crippen LogP contribution in [0, 0.1) is 6.92 Å². The third-order valence-corrected chi connectivity index (χ3v) is 6.48. The highest BCUT2D eigenvalue weighted by atomic mass is 35.5. The van der Waals surface area contributed by atoms with Gasteiger partial charge in [0.05, 0.1) is 10.9 Å². The molecule has 162 valence electrons. The van der Waals surface area contributed by atoms with E-state index in [4.69, 9.17) is 11.6 Å². The van der Waals surface area contributed by atoms with Gasteiger partial charge in [-0.05, 0) is 49.8 Å². The highest BCUT2D eigenvalue weighted by Crippen LogP contribution is 2.31. The molecule has 2 amide bonds. The van der Waals surface area contributed by atoms with Crippen LogP contribution in [0.2, 0.25) is 5.02 Å². The Bertz CT molecular complexity index is 1210. The van der Waals surface area contributed by atoms with E-state index in [0.29, 0.717) is 21.0 Å². The largest absolute Gasteiger partial charge is 0.300 e. The fraction of sp³-hybridized carbons (Fsp3) is 0.136. The first-order valence-corrected chi connectivity index (χ1v) is 11.7. The molecule has 1 unspecified atom stereocenters. The standard InChI is InChI=1S/C22H18ClN5O2S2/c1-13(19(29)25-21-27-26-14(2)32-21)31-22-24-18(12-15-8-10-16(23)11-9-15)20(30)28(22)17-6-4-3-5-7-17/h3-13H,1-2H3,(H,25,27,29)/b18-12+. The van der Waals surface area contributed by atoms with Crippen LogP contribution in [0.1, 0.15) is 17.5 Å². The van der Waals surface area contributed by atoms with Crippen molar-refractivity contribution in [3.8, 4) is 0 Å². The molecular formula is C22H18ClN5O2S2. The molecule has 0 fully saturated rings. The summed E-state index contributed by atoms with van der Waals surface area (Å²) >= 11 is 8.46. The van der Waals surface area contributed by atoms with E-state index < -0.39 is 5.25 Å². The van der Waals surface area contributed by atoms with E-state index in [0.717, 1.165) is 10.6 Å². The predicted octanol–water partition coefficient (Wildman–Crippen LogP) is 5.00. The molecule has 10 heteroatoms. The van der Waals surface area contributed by atoms with Crippen molar-refractivity contribution in [3.63, 3.8) is 0 Å². The van der Waals surface area contributed by atoms with Gasteiger partial charge in [-0.25, -0.2) is 4.99 Å². The molecule has 2 heterocycles. The van der Waals surface area contributed by atoms with Crippen molar-refractivity contribution in [2.45, 2.75) is 19.1 Å². The number of aromatic nitrogens is 2. The lowest BCUT2D eigenvalue weighted by Gasteiger charge is -2.19. The first kappa shape index (κ1) is 22.2. The zero-order chi connectivity index (χ0) is 22.7. The van der Waals surface area contributed by atoms with Gasteiger partial charge in [-0.15, -0.1) is 10.2 Å². The molecule has 4 rings (SSSR count). The highest BCUT2D eigenvalue weighted by molar-refractivity contribution is 8.15. The number of para-hydroxylation sites is 1. The van der Waals surface area contributed by atoms with Gasteiger partial charge in [-0.2, -0.15) is 0 Å². The topological polar surface area (TPSA) is 87.5 Å². The van der Waals surface area contributed by atoms with Crippen molar-refractivity contribution in [3.05, 3.63) is 75.9 Å². The van der Waals surface area contributed by atoms with E-state index in [1.54, 1.807) is 25.1 Å². The molecule has 1 aromatic heterocycles. The second-order valence-electron chi connectivity index (χ2n) is 6.83. The van der Waals surface area contributed by atoms with Crippen molar-refractivity contribution >= 4 is 68.6 Å². The number of nitrogens with zero attached hydrogens (tertiary/aromatic N) is 4. The van der Waals surface area contributed by atoms with Gasteiger partial charge < -0.3 is 0 Å². The van der Waals surface area contributed by atoms with Gasteiger partial charge in [0, 0.05) is 5.02 Å². The second kappa shape index (κ2) is 9.64. The molecule has 0 aliphatic carbocycles. The average molecular weight is 484 g/mol. The van der Waals surface area contributed by atoms with E-state index in [1.165, 1.54) is 28.0 Å². The summed E-state index contributed by atoms with van der Waals surface area (Å²) in [6, 6.07) is 16.4. The van der Waals surface area contributed by atoms with Gasteiger partial charge in [0.1, 0.15) is 10.7 Å². The number of benzene rings is 2. The Kier molecular flexibility index (Phi) is 6.69. The second-order valence-corrected chi connectivity index (χ2v) is 9.75. The van der Waals surface area contributed by atoms with E-state index in [1.807, 2.05) is 49.4 Å². The summed E-state index contributed by atoms with van der Waals surface area (Å²) in [5.74, 6) is -0.509. The summed E-state index contributed by atoms with van der Waals surface area (Å²) in [5.41, 5.74) is 1.76. The van der Waals surface area contributed by atoms with Crippen molar-refractivity contribution in [2.75, 3.05) is 10.2 Å². The van der Waals surface area contributed by atoms with Gasteiger partial charge >= 0.3 is 0 Å². The third kappa shape index (κ3) is 5.07. The lowest BCUT2D eigenvalue weighted by Crippen LogP contribution is -2.33. The van der Waals surface area contributed by atoms with E-state index in [9.17, 15) is 9.59 Å². The number of thioether (sulfide) groups is 1. The van der Waals surface area contributed by atoms with E-state index in [2.05, 4.69) is 20.5 Å². The third-order valence-electron chi connectivity index (χ3n) is 4.42. The number of aliphatic imine (C=N–C) groups is 1. The summed E-state index contributed by atoms with van der Waals surface area (Å²) in [6.07, 6.45) is 1.71. The minimum atomic E-state index is -0.521. The number of carbonyl (C=O) groups is 2. The maximum Gasteiger partial charge on any atom is 0.283 e. The molecule has 0 saturated carbocycles. The number of anilines is 2. The lowest BCUT2D eigenvalue weighted by atomic mass is 10.2. The molecule has 1 N–H and O–H groups in total. The number of carbonyl (C=O) groups excluding carboxylic acids is 2. The van der Waals surface area contributed by atoms with Gasteiger partial charge in [-0.1, -0.05) is 65.0 Å². The zero-order valence-corrected chi connectivity index (χ0v) is 19.5. The fourth-order valence-corrected chi connectivity index (χ4v) is 4.51. The SMILES string of the molecule is Cc1nnc(NC(=O)C(C)SC2=N/C(=C/c3ccc(Cl)cc3)C(=O)N2c2ccccc2)s1. The molecule has 0 radical (unpaired) electrons. The molecule has 3 aromatic rings. The molecule has 1 aliphatic rings. The number of hydrogen-bond donors (Lipinski definition) is 1. The van der Waals surface area contributed by atoms with Gasteiger partial charge in [-0.3, -0.25) is 19.8 Å². The van der Waals surface area contributed by atoms with Crippen LogP contribution in [0.15, 0.2) is 65.3 Å². The van der Waals surface area contributed by atoms with Gasteiger partial charge in [0.25, 0.3) is 5.91 Å². The number of nitrogens with one attached hydrogen (secondary N) is 1. The minimum absolute atomic E-state index is 0.246. The lowest BCUT2D eigenvalue weighted by molar-refractivity contribution is -0.115. The van der Waals surface area contributed by atoms with E-state index >= 15 is 0 Å². The molecule has 1 atom stereocenters. The number of amidine groups is 1. The van der Waals surface area contributed by atoms with Crippen LogP contribution in [0.25, 0.3) is 6.08 Å². The molecule has 1 aliphatic heterocycles. The Morgan fingerprint density at radius 3 is 2.53 bits per heavy atom. The highest BCUT2D eigenvalue weighted by Gasteiger charge is 2.34. The Hall–Kier alpha value is -3.01. The van der Waals surface area contributed by atoms with Gasteiger partial charge in [0.15, 0.2) is 5.17 Å². The molecular weight excluding hydrogens is 466 g/mol. The molecule has 32 heavy (non-hydrogen) atoms. The smallest absolute Gasteiger partial charge is 0.283 e. The molecule has 2 aromatic carbocycles. The Morgan fingerprint density at radius 1 is 1.16 bits per heavy atom. The van der Waals surface area contributed by atoms with Crippen LogP contribution in [0.5, 0.6) is 0 Å². The Labute approximate surface area is 198 Å². The summed E-state index contributed by atoms with van der Waals surface area (Å²) in [6.45, 7) is 3.57. The summed E-state index contributed by atoms with van der Waals surface area (Å²) < 4.78 is 0. The van der Waals surface area contributed by atoms with Crippen molar-refractivity contribution in [1.29, 1.82) is 0 Å². The molecule has 0 spiro atoms. The van der Waals surface area contributed by atoms with Crippen LogP contribution in [0.4, 0.5) is 10.8 Å². The number of aryl methyl sites for hydroxylation is 1. The number of hydrogen-bond acceptors (Lipinski definition) is 7. The number of halogens is 1. The van der Waals surface area contributed by atoms with Crippen LogP contribution < -0.4 is 10.2 Å². The van der Waals surface area contributed by atoms with E-state index in [-0.39, 0.29) is 17.5 Å². The number of rotatable bonds is 5. The first-order valence-electron chi connectivity index (χ1n) is 9.64. The quantitative estimate of drug-likeness (QED) is 0.516. The van der Waals surface area contributed by atoms with Crippen LogP contribution in [0.3, 0.4) is 0 Å². The Balaban J connectivity index is 1.60. The number of amides is 2. The Morgan fingerprint density at radius 2 is 1.88 bits per heavy atom. The average Bonchev–Trinajstić information content (AvgIpc) is 3.32. The summed E-state index contributed by atoms with van der Waals surface area (Å²) in [5, 5.41) is 12.3. The van der Waals surface area contributed by atoms with Crippen LogP contribution in [-0.4, -0.2) is 32.4 Å². The minimum Gasteiger partial charge on any atom is -0.300 e. The van der Waals surface area contributed by atoms with Gasteiger partial charge in [0.2, 0.25) is 11.0 Å². The van der Waals surface area contributed by atoms with Crippen molar-refractivity contribution in [2.24, 2.45) is 4.99 Å². The maximum absolute atomic E-state index is 13.2. The predicted molar refractivity (Wildman–Crippen MR) is 131 cm³/mol. The van der Waals surface area contributed by atoms with Crippen molar-refractivity contribution < 1.29 is 9.59 Å². The molecule has 0 saturated heterocycles. The fourth-order valence-electron chi connectivity index (χ4n) is 2.86. The molecule has 7 nitrogen and oxygen atoms in total. The first-order chi connectivity index (χ1) is 15.4. The summed E-state index contributed by atoms with van der Waals surface area (Å²) in [7, 11) is 0. The monoisotopic (exact) mass is 483 g/mol. The van der Waals surface area contributed by atoms with Crippen molar-refractivity contribution in [1.82, 2.24) is 10.2 Å². The summed E-state index contributed by atoms with van der Waals surface area (Å²) in [4.78, 5) is 32.0. The van der Waals surface area contributed by atoms with Crippen LogP contribution in [-0.2, 0) is 9.59 Å².